The number of nitrogens with zero attached hydrogens (tertiary/aromatic N) is 1. The molecule has 0 atom stereocenters. The van der Waals surface area contributed by atoms with Gasteiger partial charge in [0.25, 0.3) is 5.91 Å². The van der Waals surface area contributed by atoms with Gasteiger partial charge in [-0.2, -0.15) is 0 Å². The predicted molar refractivity (Wildman–Crippen MR) is 79.7 cm³/mol. The lowest BCUT2D eigenvalue weighted by atomic mass is 10.2. The van der Waals surface area contributed by atoms with Gasteiger partial charge in [-0.15, -0.1) is 0 Å². The number of aldehydes is 1. The van der Waals surface area contributed by atoms with Gasteiger partial charge in [0.15, 0.2) is 0 Å². The fourth-order valence-corrected chi connectivity index (χ4v) is 1.61. The Morgan fingerprint density at radius 3 is 2.70 bits per heavy atom. The molecule has 20 heavy (non-hydrogen) atoms. The van der Waals surface area contributed by atoms with Gasteiger partial charge < -0.3 is 4.90 Å². The number of rotatable bonds is 6. The van der Waals surface area contributed by atoms with Crippen molar-refractivity contribution in [2.45, 2.75) is 26.3 Å². The molecule has 1 aromatic rings. The Bertz CT molecular complexity index is 509. The SMILES string of the molecule is CCCC#CC(=O)N(C/C=C/C=O)Cc1ccccc1. The van der Waals surface area contributed by atoms with Crippen molar-refractivity contribution in [1.29, 1.82) is 0 Å². The number of amides is 1. The summed E-state index contributed by atoms with van der Waals surface area (Å²) in [5.41, 5.74) is 1.04. The third-order valence-corrected chi connectivity index (χ3v) is 2.61. The standard InChI is InChI=1S/C17H19NO2/c1-2-3-5-12-17(20)18(13-8-9-14-19)15-16-10-6-4-7-11-16/h4,6-11,14H,2-3,13,15H2,1H3/b9-8+. The van der Waals surface area contributed by atoms with Crippen LogP contribution in [0.15, 0.2) is 42.5 Å². The summed E-state index contributed by atoms with van der Waals surface area (Å²) >= 11 is 0. The zero-order chi connectivity index (χ0) is 14.6. The zero-order valence-electron chi connectivity index (χ0n) is 11.7. The molecule has 0 aliphatic heterocycles. The highest BCUT2D eigenvalue weighted by atomic mass is 16.2. The Morgan fingerprint density at radius 2 is 2.05 bits per heavy atom. The summed E-state index contributed by atoms with van der Waals surface area (Å²) < 4.78 is 0. The van der Waals surface area contributed by atoms with Gasteiger partial charge in [0, 0.05) is 19.5 Å². The van der Waals surface area contributed by atoms with E-state index in [1.54, 1.807) is 11.0 Å². The molecule has 3 heteroatoms. The Morgan fingerprint density at radius 1 is 1.30 bits per heavy atom. The maximum atomic E-state index is 12.0. The quantitative estimate of drug-likeness (QED) is 0.452. The van der Waals surface area contributed by atoms with Crippen LogP contribution in [0, 0.1) is 11.8 Å². The molecule has 0 unspecified atom stereocenters. The van der Waals surface area contributed by atoms with Crippen molar-refractivity contribution in [2.75, 3.05) is 6.54 Å². The average Bonchev–Trinajstić information content (AvgIpc) is 2.47. The van der Waals surface area contributed by atoms with Crippen LogP contribution < -0.4 is 0 Å². The molecule has 0 heterocycles. The summed E-state index contributed by atoms with van der Waals surface area (Å²) in [7, 11) is 0. The van der Waals surface area contributed by atoms with Crippen molar-refractivity contribution in [3.8, 4) is 11.8 Å². The maximum Gasteiger partial charge on any atom is 0.299 e. The van der Waals surface area contributed by atoms with Crippen LogP contribution in [0.1, 0.15) is 25.3 Å². The van der Waals surface area contributed by atoms with Gasteiger partial charge in [0.2, 0.25) is 0 Å². The van der Waals surface area contributed by atoms with Crippen LogP contribution in [-0.4, -0.2) is 23.6 Å². The summed E-state index contributed by atoms with van der Waals surface area (Å²) in [5, 5.41) is 0. The van der Waals surface area contributed by atoms with E-state index >= 15 is 0 Å². The van der Waals surface area contributed by atoms with Gasteiger partial charge in [-0.25, -0.2) is 0 Å². The highest BCUT2D eigenvalue weighted by Crippen LogP contribution is 2.04. The Kier molecular flexibility index (Phi) is 7.52. The molecule has 0 fully saturated rings. The minimum atomic E-state index is -0.210. The number of unbranched alkanes of at least 4 members (excludes halogenated alkanes) is 1. The molecule has 1 amide bonds. The summed E-state index contributed by atoms with van der Waals surface area (Å²) in [4.78, 5) is 24.0. The van der Waals surface area contributed by atoms with Crippen molar-refractivity contribution >= 4 is 12.2 Å². The first-order chi connectivity index (χ1) is 9.77. The summed E-state index contributed by atoms with van der Waals surface area (Å²) in [5.74, 6) is 5.29. The largest absolute Gasteiger partial charge is 0.324 e. The van der Waals surface area contributed by atoms with E-state index in [-0.39, 0.29) is 5.91 Å². The van der Waals surface area contributed by atoms with Crippen molar-refractivity contribution in [3.05, 3.63) is 48.0 Å². The molecule has 0 spiro atoms. The summed E-state index contributed by atoms with van der Waals surface area (Å²) in [6, 6.07) is 9.72. The van der Waals surface area contributed by atoms with Crippen LogP contribution in [0.3, 0.4) is 0 Å². The molecule has 1 aromatic carbocycles. The zero-order valence-corrected chi connectivity index (χ0v) is 11.7. The number of benzene rings is 1. The van der Waals surface area contributed by atoms with Crippen LogP contribution in [0.4, 0.5) is 0 Å². The third-order valence-electron chi connectivity index (χ3n) is 2.61. The Hall–Kier alpha value is -2.34. The molecule has 0 bridgehead atoms. The minimum absolute atomic E-state index is 0.210. The van der Waals surface area contributed by atoms with Gasteiger partial charge in [-0.1, -0.05) is 49.3 Å². The lowest BCUT2D eigenvalue weighted by Crippen LogP contribution is -2.29. The molecular weight excluding hydrogens is 250 g/mol. The van der Waals surface area contributed by atoms with Crippen LogP contribution in [0.5, 0.6) is 0 Å². The van der Waals surface area contributed by atoms with Crippen molar-refractivity contribution in [3.63, 3.8) is 0 Å². The highest BCUT2D eigenvalue weighted by Gasteiger charge is 2.09. The topological polar surface area (TPSA) is 37.4 Å². The second kappa shape index (κ2) is 9.57. The molecule has 1 rings (SSSR count). The lowest BCUT2D eigenvalue weighted by molar-refractivity contribution is -0.125. The van der Waals surface area contributed by atoms with E-state index < -0.39 is 0 Å². The number of hydrogen-bond acceptors (Lipinski definition) is 2. The van der Waals surface area contributed by atoms with Crippen LogP contribution >= 0.6 is 0 Å². The first-order valence-corrected chi connectivity index (χ1v) is 6.70. The van der Waals surface area contributed by atoms with E-state index in [1.165, 1.54) is 6.08 Å². The Labute approximate surface area is 120 Å². The average molecular weight is 269 g/mol. The molecule has 0 saturated carbocycles. The van der Waals surface area contributed by atoms with E-state index in [0.29, 0.717) is 19.4 Å². The van der Waals surface area contributed by atoms with Crippen LogP contribution in [0.2, 0.25) is 0 Å². The maximum absolute atomic E-state index is 12.0. The van der Waals surface area contributed by atoms with Crippen molar-refractivity contribution < 1.29 is 9.59 Å². The molecule has 0 N–H and O–H groups in total. The molecule has 0 saturated heterocycles. The van der Waals surface area contributed by atoms with E-state index in [4.69, 9.17) is 0 Å². The number of carbonyl (C=O) groups is 2. The second-order valence-electron chi connectivity index (χ2n) is 4.29. The molecular formula is C17H19NO2. The smallest absolute Gasteiger partial charge is 0.299 e. The normalized spacial score (nSPS) is 9.85. The fraction of sp³-hybridized carbons (Fsp3) is 0.294. The molecule has 0 aliphatic rings. The predicted octanol–water partition coefficient (Wildman–Crippen LogP) is 2.57. The molecule has 104 valence electrons. The highest BCUT2D eigenvalue weighted by molar-refractivity contribution is 5.93. The monoisotopic (exact) mass is 269 g/mol. The van der Waals surface area contributed by atoms with Gasteiger partial charge in [0.1, 0.15) is 6.29 Å². The van der Waals surface area contributed by atoms with Gasteiger partial charge in [-0.05, 0) is 24.0 Å². The van der Waals surface area contributed by atoms with Crippen LogP contribution in [0.25, 0.3) is 0 Å². The van der Waals surface area contributed by atoms with E-state index in [2.05, 4.69) is 11.8 Å². The number of hydrogen-bond donors (Lipinski definition) is 0. The minimum Gasteiger partial charge on any atom is -0.324 e. The first-order valence-electron chi connectivity index (χ1n) is 6.70. The van der Waals surface area contributed by atoms with E-state index in [1.807, 2.05) is 37.3 Å². The second-order valence-corrected chi connectivity index (χ2v) is 4.29. The Balaban J connectivity index is 2.74. The number of allylic oxidation sites excluding steroid dienone is 1. The van der Waals surface area contributed by atoms with Gasteiger partial charge in [0.05, 0.1) is 0 Å². The molecule has 0 radical (unpaired) electrons. The van der Waals surface area contributed by atoms with Gasteiger partial charge in [-0.3, -0.25) is 9.59 Å². The molecule has 0 aliphatic carbocycles. The van der Waals surface area contributed by atoms with E-state index in [0.717, 1.165) is 18.4 Å². The van der Waals surface area contributed by atoms with Gasteiger partial charge >= 0.3 is 0 Å². The number of carbonyl (C=O) groups excluding carboxylic acids is 2. The van der Waals surface area contributed by atoms with Crippen molar-refractivity contribution in [1.82, 2.24) is 4.90 Å². The summed E-state index contributed by atoms with van der Waals surface area (Å²) in [6.45, 7) is 2.89. The molecule has 0 aromatic heterocycles. The van der Waals surface area contributed by atoms with Crippen LogP contribution in [-0.2, 0) is 16.1 Å². The molecule has 3 nitrogen and oxygen atoms in total. The van der Waals surface area contributed by atoms with E-state index in [9.17, 15) is 9.59 Å². The van der Waals surface area contributed by atoms with Crippen molar-refractivity contribution in [2.24, 2.45) is 0 Å². The fourth-order valence-electron chi connectivity index (χ4n) is 1.61. The summed E-state index contributed by atoms with van der Waals surface area (Å²) in [6.07, 6.45) is 5.41. The lowest BCUT2D eigenvalue weighted by Gasteiger charge is -2.18. The first kappa shape index (κ1) is 15.7. The third kappa shape index (κ3) is 6.01.